The predicted octanol–water partition coefficient (Wildman–Crippen LogP) is 1.87. The second-order valence-corrected chi connectivity index (χ2v) is 3.35. The molecule has 2 atom stereocenters. The summed E-state index contributed by atoms with van der Waals surface area (Å²) in [6.45, 7) is 1.48. The highest BCUT2D eigenvalue weighted by Crippen LogP contribution is 2.21. The topological polar surface area (TPSA) is 52.3 Å². The summed E-state index contributed by atoms with van der Waals surface area (Å²) >= 11 is 0. The first-order valence-corrected chi connectivity index (χ1v) is 4.98. The fraction of sp³-hybridized carbons (Fsp3) is 0.364. The molecule has 0 radical (unpaired) electrons. The Morgan fingerprint density at radius 3 is 2.71 bits per heavy atom. The molecule has 3 nitrogen and oxygen atoms in total. The fourth-order valence-electron chi connectivity index (χ4n) is 1.30. The fourth-order valence-corrected chi connectivity index (χ4v) is 1.30. The number of carbonyl (C=O) groups excluding carboxylic acids is 1. The zero-order valence-electron chi connectivity index (χ0n) is 9.12. The minimum atomic E-state index is -2.23. The summed E-state index contributed by atoms with van der Waals surface area (Å²) in [6.07, 6.45) is -2.23. The molecule has 2 N–H and O–H groups in total. The van der Waals surface area contributed by atoms with Crippen LogP contribution in [0.1, 0.15) is 18.5 Å². The maximum absolute atomic E-state index is 13.5. The molecule has 0 aliphatic heterocycles. The molecule has 0 amide bonds. The quantitative estimate of drug-likeness (QED) is 0.826. The Morgan fingerprint density at radius 1 is 1.47 bits per heavy atom. The van der Waals surface area contributed by atoms with Crippen LogP contribution in [0.5, 0.6) is 0 Å². The van der Waals surface area contributed by atoms with Gasteiger partial charge in [0, 0.05) is 5.56 Å². The van der Waals surface area contributed by atoms with Crippen molar-refractivity contribution >= 4 is 5.97 Å². The van der Waals surface area contributed by atoms with E-state index in [0.717, 1.165) is 18.2 Å². The highest BCUT2D eigenvalue weighted by Gasteiger charge is 2.29. The van der Waals surface area contributed by atoms with E-state index in [0.29, 0.717) is 0 Å². The minimum absolute atomic E-state index is 0.0163. The summed E-state index contributed by atoms with van der Waals surface area (Å²) in [5, 5.41) is 0. The number of benzene rings is 1. The van der Waals surface area contributed by atoms with Gasteiger partial charge in [-0.25, -0.2) is 18.0 Å². The Bertz CT molecular complexity index is 412. The van der Waals surface area contributed by atoms with Crippen LogP contribution >= 0.6 is 0 Å². The van der Waals surface area contributed by atoms with Crippen LogP contribution in [0.25, 0.3) is 0 Å². The zero-order chi connectivity index (χ0) is 13.0. The highest BCUT2D eigenvalue weighted by atomic mass is 19.1. The Hall–Kier alpha value is -1.56. The van der Waals surface area contributed by atoms with Crippen molar-refractivity contribution in [1.82, 2.24) is 0 Å². The Balaban J connectivity index is 2.91. The number of halogens is 3. The van der Waals surface area contributed by atoms with E-state index in [-0.39, 0.29) is 6.61 Å². The lowest BCUT2D eigenvalue weighted by molar-refractivity contribution is -0.149. The molecule has 1 aromatic carbocycles. The Morgan fingerprint density at radius 2 is 2.12 bits per heavy atom. The molecule has 0 saturated heterocycles. The van der Waals surface area contributed by atoms with Crippen LogP contribution < -0.4 is 5.73 Å². The average Bonchev–Trinajstić information content (AvgIpc) is 2.30. The molecule has 0 fully saturated rings. The molecule has 0 spiro atoms. The number of esters is 1. The Labute approximate surface area is 96.4 Å². The number of alkyl halides is 1. The second-order valence-electron chi connectivity index (χ2n) is 3.35. The SMILES string of the molecule is CCOC(=O)C(F)[C@@H](N)c1cc(F)ccc1F. The summed E-state index contributed by atoms with van der Waals surface area (Å²) in [4.78, 5) is 11.1. The van der Waals surface area contributed by atoms with Crippen LogP contribution in [0.3, 0.4) is 0 Å². The van der Waals surface area contributed by atoms with E-state index in [9.17, 15) is 18.0 Å². The van der Waals surface area contributed by atoms with Gasteiger partial charge in [-0.15, -0.1) is 0 Å². The van der Waals surface area contributed by atoms with E-state index < -0.39 is 35.4 Å². The van der Waals surface area contributed by atoms with Crippen LogP contribution in [0.15, 0.2) is 18.2 Å². The summed E-state index contributed by atoms with van der Waals surface area (Å²) in [5.74, 6) is -2.82. The van der Waals surface area contributed by atoms with Crippen molar-refractivity contribution < 1.29 is 22.7 Å². The molecule has 0 aliphatic carbocycles. The molecular weight excluding hydrogens is 235 g/mol. The van der Waals surface area contributed by atoms with Crippen molar-refractivity contribution in [2.24, 2.45) is 5.73 Å². The lowest BCUT2D eigenvalue weighted by Gasteiger charge is -2.16. The van der Waals surface area contributed by atoms with Crippen molar-refractivity contribution in [2.45, 2.75) is 19.1 Å². The molecule has 0 heterocycles. The number of ether oxygens (including phenoxy) is 1. The van der Waals surface area contributed by atoms with Gasteiger partial charge >= 0.3 is 5.97 Å². The van der Waals surface area contributed by atoms with E-state index in [4.69, 9.17) is 5.73 Å². The summed E-state index contributed by atoms with van der Waals surface area (Å²) in [5.41, 5.74) is 4.96. The number of nitrogens with two attached hydrogens (primary N) is 1. The zero-order valence-corrected chi connectivity index (χ0v) is 9.12. The monoisotopic (exact) mass is 247 g/mol. The molecular formula is C11H12F3NO2. The molecule has 1 rings (SSSR count). The summed E-state index contributed by atoms with van der Waals surface area (Å²) in [7, 11) is 0. The highest BCUT2D eigenvalue weighted by molar-refractivity contribution is 5.75. The van der Waals surface area contributed by atoms with Gasteiger partial charge in [0.25, 0.3) is 0 Å². The minimum Gasteiger partial charge on any atom is -0.464 e. The maximum atomic E-state index is 13.5. The van der Waals surface area contributed by atoms with Crippen molar-refractivity contribution in [3.8, 4) is 0 Å². The first-order valence-electron chi connectivity index (χ1n) is 4.98. The van der Waals surface area contributed by atoms with Gasteiger partial charge in [-0.3, -0.25) is 0 Å². The van der Waals surface area contributed by atoms with E-state index in [2.05, 4.69) is 4.74 Å². The van der Waals surface area contributed by atoms with Gasteiger partial charge in [0.1, 0.15) is 11.6 Å². The van der Waals surface area contributed by atoms with E-state index >= 15 is 0 Å². The molecule has 0 aliphatic rings. The third-order valence-corrected chi connectivity index (χ3v) is 2.14. The molecule has 1 aromatic rings. The van der Waals surface area contributed by atoms with Crippen LogP contribution in [-0.2, 0) is 9.53 Å². The number of rotatable bonds is 4. The first kappa shape index (κ1) is 13.5. The molecule has 94 valence electrons. The Kier molecular flexibility index (Phi) is 4.51. The first-order chi connectivity index (χ1) is 7.97. The van der Waals surface area contributed by atoms with Crippen LogP contribution in [0.4, 0.5) is 13.2 Å². The number of carbonyl (C=O) groups is 1. The van der Waals surface area contributed by atoms with Gasteiger partial charge in [0.2, 0.25) is 6.17 Å². The predicted molar refractivity (Wildman–Crippen MR) is 54.8 cm³/mol. The van der Waals surface area contributed by atoms with Crippen LogP contribution in [0, 0.1) is 11.6 Å². The van der Waals surface area contributed by atoms with E-state index in [1.54, 1.807) is 0 Å². The van der Waals surface area contributed by atoms with Gasteiger partial charge in [-0.05, 0) is 25.1 Å². The lowest BCUT2D eigenvalue weighted by atomic mass is 10.0. The van der Waals surface area contributed by atoms with Gasteiger partial charge in [0.05, 0.1) is 12.6 Å². The second kappa shape index (κ2) is 5.67. The largest absolute Gasteiger partial charge is 0.464 e. The van der Waals surface area contributed by atoms with Crippen molar-refractivity contribution in [1.29, 1.82) is 0 Å². The summed E-state index contributed by atoms with van der Waals surface area (Å²) < 4.78 is 44.0. The van der Waals surface area contributed by atoms with Gasteiger partial charge in [-0.2, -0.15) is 0 Å². The standard InChI is InChI=1S/C11H12F3NO2/c1-2-17-11(16)9(14)10(15)7-5-6(12)3-4-8(7)13/h3-5,9-10H,2,15H2,1H3/t9?,10-/m0/s1. The normalized spacial score (nSPS) is 14.2. The maximum Gasteiger partial charge on any atom is 0.342 e. The molecule has 0 bridgehead atoms. The molecule has 0 aromatic heterocycles. The molecule has 6 heteroatoms. The number of hydrogen-bond acceptors (Lipinski definition) is 3. The van der Waals surface area contributed by atoms with Gasteiger partial charge in [-0.1, -0.05) is 0 Å². The third kappa shape index (κ3) is 3.20. The smallest absolute Gasteiger partial charge is 0.342 e. The van der Waals surface area contributed by atoms with Gasteiger partial charge in [0.15, 0.2) is 0 Å². The van der Waals surface area contributed by atoms with Crippen molar-refractivity contribution in [2.75, 3.05) is 6.61 Å². The molecule has 17 heavy (non-hydrogen) atoms. The lowest BCUT2D eigenvalue weighted by Crippen LogP contribution is -2.32. The average molecular weight is 247 g/mol. The van der Waals surface area contributed by atoms with Crippen LogP contribution in [-0.4, -0.2) is 18.7 Å². The number of hydrogen-bond donors (Lipinski definition) is 1. The van der Waals surface area contributed by atoms with Gasteiger partial charge < -0.3 is 10.5 Å². The van der Waals surface area contributed by atoms with Crippen molar-refractivity contribution in [3.63, 3.8) is 0 Å². The van der Waals surface area contributed by atoms with Crippen LogP contribution in [0.2, 0.25) is 0 Å². The van der Waals surface area contributed by atoms with E-state index in [1.807, 2.05) is 0 Å². The third-order valence-electron chi connectivity index (χ3n) is 2.14. The van der Waals surface area contributed by atoms with Crippen molar-refractivity contribution in [3.05, 3.63) is 35.4 Å². The van der Waals surface area contributed by atoms with E-state index in [1.165, 1.54) is 6.92 Å². The summed E-state index contributed by atoms with van der Waals surface area (Å²) in [6, 6.07) is 0.863. The molecule has 1 unspecified atom stereocenters. The molecule has 0 saturated carbocycles.